The van der Waals surface area contributed by atoms with E-state index in [1.54, 1.807) is 13.2 Å². The molecule has 0 saturated heterocycles. The third-order valence-electron chi connectivity index (χ3n) is 4.24. The van der Waals surface area contributed by atoms with Crippen molar-refractivity contribution in [2.45, 2.75) is 46.3 Å². The Bertz CT molecular complexity index is 727. The number of aryl methyl sites for hydroxylation is 2. The van der Waals surface area contributed by atoms with E-state index in [1.165, 1.54) is 11.1 Å². The van der Waals surface area contributed by atoms with Crippen molar-refractivity contribution in [3.63, 3.8) is 0 Å². The maximum atomic E-state index is 12.6. The van der Waals surface area contributed by atoms with Gasteiger partial charge in [-0.1, -0.05) is 36.8 Å². The summed E-state index contributed by atoms with van der Waals surface area (Å²) in [5, 5.41) is 3.07. The number of methoxy groups -OCH3 is 1. The van der Waals surface area contributed by atoms with Crippen LogP contribution < -0.4 is 14.8 Å². The van der Waals surface area contributed by atoms with Gasteiger partial charge in [0.05, 0.1) is 13.2 Å². The summed E-state index contributed by atoms with van der Waals surface area (Å²) in [5.41, 5.74) is 3.48. The molecule has 0 aliphatic heterocycles. The number of carbonyl (C=O) groups is 1. The van der Waals surface area contributed by atoms with E-state index in [1.807, 2.05) is 32.0 Å². The van der Waals surface area contributed by atoms with Crippen LogP contribution >= 0.6 is 0 Å². The second kappa shape index (κ2) is 8.56. The standard InChI is InChI=1S/C21H27NO3/c1-6-20(25-18-9-7-8-17(13-18)24-5)21(23)22-16(4)19-12-14(2)10-11-15(19)3/h7-13,16,20H,6H2,1-5H3,(H,22,23)/t16-,20-/m0/s1. The van der Waals surface area contributed by atoms with E-state index in [9.17, 15) is 4.79 Å². The molecule has 2 rings (SSSR count). The molecule has 0 radical (unpaired) electrons. The molecule has 134 valence electrons. The minimum Gasteiger partial charge on any atom is -0.497 e. The Labute approximate surface area is 150 Å². The molecule has 0 heterocycles. The summed E-state index contributed by atoms with van der Waals surface area (Å²) in [6.07, 6.45) is 0.0439. The molecule has 0 aromatic heterocycles. The average molecular weight is 341 g/mol. The first-order valence-corrected chi connectivity index (χ1v) is 8.62. The molecule has 1 amide bonds. The summed E-state index contributed by atoms with van der Waals surface area (Å²) in [4.78, 5) is 12.6. The van der Waals surface area contributed by atoms with Crippen molar-refractivity contribution in [1.29, 1.82) is 0 Å². The van der Waals surface area contributed by atoms with Gasteiger partial charge in [-0.2, -0.15) is 0 Å². The van der Waals surface area contributed by atoms with Crippen LogP contribution in [0.1, 0.15) is 43.0 Å². The fraction of sp³-hybridized carbons (Fsp3) is 0.381. The Hall–Kier alpha value is -2.49. The summed E-state index contributed by atoms with van der Waals surface area (Å²) in [5.74, 6) is 1.22. The predicted molar refractivity (Wildman–Crippen MR) is 100 cm³/mol. The van der Waals surface area contributed by atoms with E-state index >= 15 is 0 Å². The van der Waals surface area contributed by atoms with Gasteiger partial charge >= 0.3 is 0 Å². The van der Waals surface area contributed by atoms with Crippen LogP contribution in [0.5, 0.6) is 11.5 Å². The molecule has 2 atom stereocenters. The first kappa shape index (κ1) is 18.8. The second-order valence-electron chi connectivity index (χ2n) is 6.28. The normalized spacial score (nSPS) is 13.0. The van der Waals surface area contributed by atoms with Crippen LogP contribution in [0.3, 0.4) is 0 Å². The Morgan fingerprint density at radius 2 is 1.84 bits per heavy atom. The Kier molecular flexibility index (Phi) is 6.45. The molecule has 0 spiro atoms. The monoisotopic (exact) mass is 341 g/mol. The van der Waals surface area contributed by atoms with Crippen LogP contribution in [0.2, 0.25) is 0 Å². The van der Waals surface area contributed by atoms with Crippen LogP contribution in [0, 0.1) is 13.8 Å². The van der Waals surface area contributed by atoms with E-state index in [4.69, 9.17) is 9.47 Å². The van der Waals surface area contributed by atoms with Gasteiger partial charge in [0.25, 0.3) is 5.91 Å². The largest absolute Gasteiger partial charge is 0.497 e. The van der Waals surface area contributed by atoms with Gasteiger partial charge in [-0.05, 0) is 50.5 Å². The van der Waals surface area contributed by atoms with E-state index in [0.29, 0.717) is 17.9 Å². The van der Waals surface area contributed by atoms with Crippen LogP contribution in [-0.4, -0.2) is 19.1 Å². The second-order valence-corrected chi connectivity index (χ2v) is 6.28. The summed E-state index contributed by atoms with van der Waals surface area (Å²) >= 11 is 0. The molecule has 2 aromatic rings. The third kappa shape index (κ3) is 4.99. The molecule has 0 aliphatic carbocycles. The zero-order valence-electron chi connectivity index (χ0n) is 15.6. The molecular formula is C21H27NO3. The van der Waals surface area contributed by atoms with Gasteiger partial charge in [0.2, 0.25) is 0 Å². The highest BCUT2D eigenvalue weighted by Crippen LogP contribution is 2.22. The van der Waals surface area contributed by atoms with Crippen LogP contribution in [-0.2, 0) is 4.79 Å². The molecule has 4 heteroatoms. The van der Waals surface area contributed by atoms with E-state index in [0.717, 1.165) is 5.56 Å². The number of hydrogen-bond acceptors (Lipinski definition) is 3. The summed E-state index contributed by atoms with van der Waals surface area (Å²) in [6, 6.07) is 13.5. The first-order chi connectivity index (χ1) is 11.9. The number of carbonyl (C=O) groups excluding carboxylic acids is 1. The number of hydrogen-bond donors (Lipinski definition) is 1. The van der Waals surface area contributed by atoms with Gasteiger partial charge in [-0.15, -0.1) is 0 Å². The van der Waals surface area contributed by atoms with Gasteiger partial charge in [0.1, 0.15) is 11.5 Å². The molecule has 0 fully saturated rings. The van der Waals surface area contributed by atoms with Crippen molar-refractivity contribution >= 4 is 5.91 Å². The number of benzene rings is 2. The predicted octanol–water partition coefficient (Wildman–Crippen LogP) is 4.35. The number of ether oxygens (including phenoxy) is 2. The highest BCUT2D eigenvalue weighted by Gasteiger charge is 2.21. The van der Waals surface area contributed by atoms with Crippen molar-refractivity contribution in [2.24, 2.45) is 0 Å². The van der Waals surface area contributed by atoms with Gasteiger partial charge in [0, 0.05) is 6.07 Å². The van der Waals surface area contributed by atoms with Crippen LogP contribution in [0.25, 0.3) is 0 Å². The van der Waals surface area contributed by atoms with Crippen LogP contribution in [0.15, 0.2) is 42.5 Å². The van der Waals surface area contributed by atoms with Gasteiger partial charge in [0.15, 0.2) is 6.10 Å². The Balaban J connectivity index is 2.07. The third-order valence-corrected chi connectivity index (χ3v) is 4.24. The Morgan fingerprint density at radius 1 is 1.12 bits per heavy atom. The molecule has 0 aliphatic rings. The van der Waals surface area contributed by atoms with Crippen molar-refractivity contribution in [3.8, 4) is 11.5 Å². The minimum absolute atomic E-state index is 0.0737. The average Bonchev–Trinajstić information content (AvgIpc) is 2.61. The van der Waals surface area contributed by atoms with Gasteiger partial charge in [-0.25, -0.2) is 0 Å². The lowest BCUT2D eigenvalue weighted by atomic mass is 10.00. The number of nitrogens with one attached hydrogen (secondary N) is 1. The fourth-order valence-electron chi connectivity index (χ4n) is 2.77. The van der Waals surface area contributed by atoms with Crippen molar-refractivity contribution in [1.82, 2.24) is 5.32 Å². The minimum atomic E-state index is -0.542. The molecule has 0 bridgehead atoms. The van der Waals surface area contributed by atoms with E-state index in [-0.39, 0.29) is 11.9 Å². The maximum Gasteiger partial charge on any atom is 0.261 e. The quantitative estimate of drug-likeness (QED) is 0.814. The van der Waals surface area contributed by atoms with Crippen LogP contribution in [0.4, 0.5) is 0 Å². The molecule has 0 saturated carbocycles. The lowest BCUT2D eigenvalue weighted by Gasteiger charge is -2.22. The lowest BCUT2D eigenvalue weighted by molar-refractivity contribution is -0.128. The first-order valence-electron chi connectivity index (χ1n) is 8.62. The van der Waals surface area contributed by atoms with Crippen molar-refractivity contribution in [3.05, 3.63) is 59.2 Å². The van der Waals surface area contributed by atoms with Gasteiger partial charge < -0.3 is 14.8 Å². The molecule has 25 heavy (non-hydrogen) atoms. The smallest absolute Gasteiger partial charge is 0.261 e. The Morgan fingerprint density at radius 3 is 2.52 bits per heavy atom. The fourth-order valence-corrected chi connectivity index (χ4v) is 2.77. The summed E-state index contributed by atoms with van der Waals surface area (Å²) < 4.78 is 11.1. The van der Waals surface area contributed by atoms with E-state index < -0.39 is 6.10 Å². The zero-order valence-corrected chi connectivity index (χ0v) is 15.6. The van der Waals surface area contributed by atoms with Crippen molar-refractivity contribution in [2.75, 3.05) is 7.11 Å². The molecule has 0 unspecified atom stereocenters. The number of amides is 1. The maximum absolute atomic E-state index is 12.6. The molecule has 2 aromatic carbocycles. The summed E-state index contributed by atoms with van der Waals surface area (Å²) in [6.45, 7) is 8.05. The van der Waals surface area contributed by atoms with E-state index in [2.05, 4.69) is 37.4 Å². The molecule has 1 N–H and O–H groups in total. The molecule has 4 nitrogen and oxygen atoms in total. The number of rotatable bonds is 7. The summed E-state index contributed by atoms with van der Waals surface area (Å²) in [7, 11) is 1.61. The highest BCUT2D eigenvalue weighted by atomic mass is 16.5. The van der Waals surface area contributed by atoms with Crippen molar-refractivity contribution < 1.29 is 14.3 Å². The highest BCUT2D eigenvalue weighted by molar-refractivity contribution is 5.81. The molecular weight excluding hydrogens is 314 g/mol. The topological polar surface area (TPSA) is 47.6 Å². The lowest BCUT2D eigenvalue weighted by Crippen LogP contribution is -2.39. The van der Waals surface area contributed by atoms with Gasteiger partial charge in [-0.3, -0.25) is 4.79 Å². The zero-order chi connectivity index (χ0) is 18.4. The SMILES string of the molecule is CC[C@H](Oc1cccc(OC)c1)C(=O)N[C@@H](C)c1cc(C)ccc1C.